The first-order valence-electron chi connectivity index (χ1n) is 9.08. The van der Waals surface area contributed by atoms with E-state index >= 15 is 0 Å². The molecule has 0 heterocycles. The Kier molecular flexibility index (Phi) is 2.26. The summed E-state index contributed by atoms with van der Waals surface area (Å²) in [4.78, 5) is 0. The van der Waals surface area contributed by atoms with Crippen LogP contribution in [0.5, 0.6) is 0 Å². The van der Waals surface area contributed by atoms with Crippen molar-refractivity contribution in [2.75, 3.05) is 0 Å². The van der Waals surface area contributed by atoms with Gasteiger partial charge in [0.05, 0.1) is 11.5 Å². The normalized spacial score (nSPS) is 52.4. The van der Waals surface area contributed by atoms with Crippen LogP contribution in [0.25, 0.3) is 0 Å². The van der Waals surface area contributed by atoms with Crippen LogP contribution < -0.4 is 0 Å². The second-order valence-corrected chi connectivity index (χ2v) is 9.55. The van der Waals surface area contributed by atoms with Crippen LogP contribution in [0.2, 0.25) is 0 Å². The highest BCUT2D eigenvalue weighted by Crippen LogP contribution is 2.81. The van der Waals surface area contributed by atoms with Gasteiger partial charge in [0, 0.05) is 5.41 Å². The number of nitrogens with zero attached hydrogens (tertiary/aromatic N) is 1. The summed E-state index contributed by atoms with van der Waals surface area (Å²) in [5, 5.41) is 9.93. The molecule has 4 saturated carbocycles. The quantitative estimate of drug-likeness (QED) is 0.639. The molecule has 7 rings (SSSR count). The van der Waals surface area contributed by atoms with Gasteiger partial charge >= 0.3 is 0 Å². The summed E-state index contributed by atoms with van der Waals surface area (Å²) in [6, 6.07) is 13.9. The summed E-state index contributed by atoms with van der Waals surface area (Å²) in [5.41, 5.74) is 2.49. The van der Waals surface area contributed by atoms with Crippen molar-refractivity contribution in [2.45, 2.75) is 57.8 Å². The SMILES string of the molecule is CC12CC3(C#N)CCC14C=CC(c1ccccc1)(C2)CC4(C)C3. The number of rotatable bonds is 1. The summed E-state index contributed by atoms with van der Waals surface area (Å²) in [7, 11) is 0. The van der Waals surface area contributed by atoms with Crippen molar-refractivity contribution in [3.05, 3.63) is 48.0 Å². The van der Waals surface area contributed by atoms with E-state index in [9.17, 15) is 5.26 Å². The van der Waals surface area contributed by atoms with E-state index in [0.29, 0.717) is 5.41 Å². The van der Waals surface area contributed by atoms with Crippen LogP contribution in [-0.2, 0) is 5.41 Å². The molecule has 0 radical (unpaired) electrons. The van der Waals surface area contributed by atoms with E-state index in [1.165, 1.54) is 24.8 Å². The maximum atomic E-state index is 9.93. The zero-order chi connectivity index (χ0) is 16.0. The second kappa shape index (κ2) is 3.75. The van der Waals surface area contributed by atoms with Crippen molar-refractivity contribution in [2.24, 2.45) is 21.7 Å². The Hall–Kier alpha value is -1.55. The van der Waals surface area contributed by atoms with Gasteiger partial charge in [-0.25, -0.2) is 0 Å². The van der Waals surface area contributed by atoms with Gasteiger partial charge in [-0.05, 0) is 60.3 Å². The smallest absolute Gasteiger partial charge is 0.0690 e. The van der Waals surface area contributed by atoms with Gasteiger partial charge in [-0.2, -0.15) is 5.26 Å². The molecular formula is C22H25N. The number of benzene rings is 1. The minimum atomic E-state index is -0.0563. The predicted molar refractivity (Wildman–Crippen MR) is 91.7 cm³/mol. The number of allylic oxidation sites excluding steroid dienone is 2. The Balaban J connectivity index is 1.74. The number of nitriles is 1. The van der Waals surface area contributed by atoms with E-state index in [1.807, 2.05) is 0 Å². The third-order valence-corrected chi connectivity index (χ3v) is 8.29. The van der Waals surface area contributed by atoms with Crippen molar-refractivity contribution >= 4 is 0 Å². The highest BCUT2D eigenvalue weighted by Gasteiger charge is 2.74. The van der Waals surface area contributed by atoms with Crippen LogP contribution >= 0.6 is 0 Å². The third-order valence-electron chi connectivity index (χ3n) is 8.29. The molecule has 118 valence electrons. The van der Waals surface area contributed by atoms with E-state index < -0.39 is 0 Å². The van der Waals surface area contributed by atoms with Crippen LogP contribution in [0.1, 0.15) is 57.9 Å². The minimum absolute atomic E-state index is 0.0563. The first-order valence-corrected chi connectivity index (χ1v) is 9.08. The zero-order valence-electron chi connectivity index (χ0n) is 14.2. The van der Waals surface area contributed by atoms with E-state index in [4.69, 9.17) is 0 Å². The lowest BCUT2D eigenvalue weighted by atomic mass is 9.27. The molecule has 6 aliphatic carbocycles. The molecule has 5 bridgehead atoms. The minimum Gasteiger partial charge on any atom is -0.198 e. The highest BCUT2D eigenvalue weighted by atomic mass is 14.8. The van der Waals surface area contributed by atoms with Crippen molar-refractivity contribution in [1.29, 1.82) is 5.26 Å². The second-order valence-electron chi connectivity index (χ2n) is 9.55. The molecule has 2 unspecified atom stereocenters. The molecular weight excluding hydrogens is 278 g/mol. The number of hydrogen-bond donors (Lipinski definition) is 0. The first kappa shape index (κ1) is 13.8. The van der Waals surface area contributed by atoms with Gasteiger partial charge in [0.1, 0.15) is 0 Å². The Bertz CT molecular complexity index is 730. The monoisotopic (exact) mass is 303 g/mol. The summed E-state index contributed by atoms with van der Waals surface area (Å²) in [5.74, 6) is 0. The molecule has 23 heavy (non-hydrogen) atoms. The maximum Gasteiger partial charge on any atom is 0.0690 e. The molecule has 0 N–H and O–H groups in total. The lowest BCUT2D eigenvalue weighted by Crippen LogP contribution is -2.70. The van der Waals surface area contributed by atoms with Crippen molar-refractivity contribution in [3.63, 3.8) is 0 Å². The van der Waals surface area contributed by atoms with Gasteiger partial charge in [-0.3, -0.25) is 0 Å². The summed E-state index contributed by atoms with van der Waals surface area (Å²) >= 11 is 0. The lowest BCUT2D eigenvalue weighted by molar-refractivity contribution is -0.222. The molecule has 0 saturated heterocycles. The van der Waals surface area contributed by atoms with E-state index in [1.54, 1.807) is 0 Å². The molecule has 1 spiro atoms. The number of hydrogen-bond acceptors (Lipinski definition) is 1. The van der Waals surface area contributed by atoms with Gasteiger partial charge in [0.15, 0.2) is 0 Å². The molecule has 1 heteroatoms. The summed E-state index contributed by atoms with van der Waals surface area (Å²) < 4.78 is 0. The molecule has 0 aromatic heterocycles. The molecule has 2 atom stereocenters. The van der Waals surface area contributed by atoms with Gasteiger partial charge in [-0.15, -0.1) is 0 Å². The molecule has 4 fully saturated rings. The standard InChI is InChI=1S/C22H25N/c1-18-12-20(16-23)8-10-22(18)11-9-21(14-18,15-19(22,2)13-20)17-6-4-3-5-7-17/h3-7,9,11H,8,10,12-15H2,1-2H3. The Labute approximate surface area is 139 Å². The molecule has 1 nitrogen and oxygen atoms in total. The van der Waals surface area contributed by atoms with Gasteiger partial charge in [0.2, 0.25) is 0 Å². The fourth-order valence-electron chi connectivity index (χ4n) is 7.82. The van der Waals surface area contributed by atoms with Gasteiger partial charge in [-0.1, -0.05) is 56.3 Å². The van der Waals surface area contributed by atoms with E-state index in [0.717, 1.165) is 19.3 Å². The Morgan fingerprint density at radius 1 is 0.870 bits per heavy atom. The fraction of sp³-hybridized carbons (Fsp3) is 0.591. The molecule has 0 amide bonds. The van der Waals surface area contributed by atoms with Crippen molar-refractivity contribution in [1.82, 2.24) is 0 Å². The predicted octanol–water partition coefficient (Wildman–Crippen LogP) is 5.38. The maximum absolute atomic E-state index is 9.93. The summed E-state index contributed by atoms with van der Waals surface area (Å²) in [6.45, 7) is 4.99. The first-order chi connectivity index (χ1) is 10.9. The highest BCUT2D eigenvalue weighted by molar-refractivity contribution is 5.44. The molecule has 1 aromatic rings. The van der Waals surface area contributed by atoms with Crippen LogP contribution in [-0.4, -0.2) is 0 Å². The summed E-state index contributed by atoms with van der Waals surface area (Å²) in [6.07, 6.45) is 12.1. The van der Waals surface area contributed by atoms with Crippen molar-refractivity contribution in [3.8, 4) is 6.07 Å². The molecule has 1 aromatic carbocycles. The van der Waals surface area contributed by atoms with Crippen LogP contribution in [0, 0.1) is 33.0 Å². The topological polar surface area (TPSA) is 23.8 Å². The van der Waals surface area contributed by atoms with Gasteiger partial charge < -0.3 is 0 Å². The lowest BCUT2D eigenvalue weighted by Gasteiger charge is -2.76. The average molecular weight is 303 g/mol. The molecule has 0 aliphatic heterocycles. The Morgan fingerprint density at radius 3 is 2.13 bits per heavy atom. The zero-order valence-corrected chi connectivity index (χ0v) is 14.2. The number of fused-ring (bicyclic) bond motifs is 1. The molecule has 6 aliphatic rings. The van der Waals surface area contributed by atoms with E-state index in [2.05, 4.69) is 62.4 Å². The Morgan fingerprint density at radius 2 is 1.52 bits per heavy atom. The third kappa shape index (κ3) is 1.36. The van der Waals surface area contributed by atoms with Gasteiger partial charge in [0.25, 0.3) is 0 Å². The fourth-order valence-corrected chi connectivity index (χ4v) is 7.82. The van der Waals surface area contributed by atoms with Crippen LogP contribution in [0.15, 0.2) is 42.5 Å². The largest absolute Gasteiger partial charge is 0.198 e. The van der Waals surface area contributed by atoms with Crippen molar-refractivity contribution < 1.29 is 0 Å². The van der Waals surface area contributed by atoms with E-state index in [-0.39, 0.29) is 21.7 Å². The average Bonchev–Trinajstić information content (AvgIpc) is 2.53. The van der Waals surface area contributed by atoms with Crippen LogP contribution in [0.4, 0.5) is 0 Å². The van der Waals surface area contributed by atoms with Crippen LogP contribution in [0.3, 0.4) is 0 Å².